The Morgan fingerprint density at radius 2 is 2.00 bits per heavy atom. The third-order valence-corrected chi connectivity index (χ3v) is 0.861. The molecule has 4 heteroatoms. The van der Waals surface area contributed by atoms with Gasteiger partial charge in [0.2, 0.25) is 0 Å². The molecule has 0 unspecified atom stereocenters. The zero-order valence-electron chi connectivity index (χ0n) is 4.20. The van der Waals surface area contributed by atoms with Crippen LogP contribution in [0.15, 0.2) is 0 Å². The SMILES string of the molecule is [CH]CCOS([CH])(=O)=O. The third-order valence-electron chi connectivity index (χ3n) is 0.365. The summed E-state index contributed by atoms with van der Waals surface area (Å²) in [5.41, 5.74) is 0. The lowest BCUT2D eigenvalue weighted by molar-refractivity contribution is 0.330. The predicted octanol–water partition coefficient (Wildman–Crippen LogP) is 0.103. The maximum absolute atomic E-state index is 9.89. The van der Waals surface area contributed by atoms with Gasteiger partial charge in [0.25, 0.3) is 10.1 Å². The third kappa shape index (κ3) is 5.91. The van der Waals surface area contributed by atoms with Gasteiger partial charge in [-0.1, -0.05) is 0 Å². The van der Waals surface area contributed by atoms with Gasteiger partial charge in [0.05, 0.1) is 6.61 Å². The molecule has 0 spiro atoms. The molecule has 0 saturated heterocycles. The summed E-state index contributed by atoms with van der Waals surface area (Å²) >= 11 is 0. The van der Waals surface area contributed by atoms with Gasteiger partial charge in [0.15, 0.2) is 0 Å². The zero-order chi connectivity index (χ0) is 6.62. The molecule has 0 amide bonds. The Bertz CT molecular complexity index is 135. The van der Waals surface area contributed by atoms with E-state index in [2.05, 4.69) is 10.4 Å². The molecule has 0 rings (SSSR count). The quantitative estimate of drug-likeness (QED) is 0.514. The molecular formula is C4H6O3S. The van der Waals surface area contributed by atoms with Crippen LogP contribution in [0.2, 0.25) is 0 Å². The van der Waals surface area contributed by atoms with E-state index < -0.39 is 10.1 Å². The van der Waals surface area contributed by atoms with Gasteiger partial charge in [-0.2, -0.15) is 8.42 Å². The van der Waals surface area contributed by atoms with E-state index in [-0.39, 0.29) is 13.0 Å². The van der Waals surface area contributed by atoms with Crippen LogP contribution in [0.5, 0.6) is 0 Å². The summed E-state index contributed by atoms with van der Waals surface area (Å²) in [5, 5.41) is 0. The maximum Gasteiger partial charge on any atom is 0.273 e. The van der Waals surface area contributed by atoms with Gasteiger partial charge in [-0.3, -0.25) is 4.18 Å². The van der Waals surface area contributed by atoms with E-state index in [9.17, 15) is 8.42 Å². The molecule has 0 aliphatic heterocycles. The molecule has 0 heterocycles. The van der Waals surface area contributed by atoms with E-state index in [4.69, 9.17) is 6.92 Å². The Labute approximate surface area is 49.8 Å². The van der Waals surface area contributed by atoms with Gasteiger partial charge in [-0.25, -0.2) is 0 Å². The van der Waals surface area contributed by atoms with Crippen molar-refractivity contribution in [3.8, 4) is 0 Å². The van der Waals surface area contributed by atoms with Crippen LogP contribution >= 0.6 is 0 Å². The highest BCUT2D eigenvalue weighted by atomic mass is 32.2. The molecule has 0 bridgehead atoms. The van der Waals surface area contributed by atoms with Crippen molar-refractivity contribution in [2.24, 2.45) is 0 Å². The maximum atomic E-state index is 9.89. The minimum absolute atomic E-state index is 0.0567. The highest BCUT2D eigenvalue weighted by molar-refractivity contribution is 7.87. The summed E-state index contributed by atoms with van der Waals surface area (Å²) in [6, 6.07) is 0. The minimum Gasteiger partial charge on any atom is -0.270 e. The van der Waals surface area contributed by atoms with Gasteiger partial charge >= 0.3 is 0 Å². The molecule has 0 aliphatic rings. The second-order valence-electron chi connectivity index (χ2n) is 1.10. The van der Waals surface area contributed by atoms with Crippen LogP contribution in [0.4, 0.5) is 0 Å². The van der Waals surface area contributed by atoms with E-state index in [1.807, 2.05) is 0 Å². The molecule has 0 aromatic heterocycles. The smallest absolute Gasteiger partial charge is 0.270 e. The first-order valence-electron chi connectivity index (χ1n) is 1.93. The fraction of sp³-hybridized carbons (Fsp3) is 0.500. The molecule has 0 aliphatic carbocycles. The van der Waals surface area contributed by atoms with E-state index in [0.29, 0.717) is 0 Å². The number of hydrogen-bond donors (Lipinski definition) is 0. The van der Waals surface area contributed by atoms with Crippen LogP contribution in [0.1, 0.15) is 6.42 Å². The van der Waals surface area contributed by atoms with Crippen molar-refractivity contribution in [3.63, 3.8) is 0 Å². The van der Waals surface area contributed by atoms with Crippen LogP contribution in [0, 0.1) is 13.2 Å². The Morgan fingerprint density at radius 3 is 2.12 bits per heavy atom. The average Bonchev–Trinajstić information content (AvgIpc) is 1.59. The second-order valence-corrected chi connectivity index (χ2v) is 2.32. The molecule has 0 fully saturated rings. The summed E-state index contributed by atoms with van der Waals surface area (Å²) < 4.78 is 23.8. The molecule has 46 valence electrons. The summed E-state index contributed by atoms with van der Waals surface area (Å²) in [6.07, 6.45) is 4.57. The number of hydrogen-bond acceptors (Lipinski definition) is 3. The first-order chi connectivity index (χ1) is 3.56. The molecule has 3 nitrogen and oxygen atoms in total. The van der Waals surface area contributed by atoms with Gasteiger partial charge in [-0.05, 0) is 13.3 Å². The second kappa shape index (κ2) is 3.04. The lowest BCUT2D eigenvalue weighted by Crippen LogP contribution is -2.00. The van der Waals surface area contributed by atoms with Crippen LogP contribution < -0.4 is 0 Å². The Hall–Kier alpha value is -0.0900. The molecule has 0 atom stereocenters. The van der Waals surface area contributed by atoms with Crippen molar-refractivity contribution in [1.82, 2.24) is 0 Å². The Morgan fingerprint density at radius 1 is 1.50 bits per heavy atom. The normalized spacial score (nSPS) is 11.8. The van der Waals surface area contributed by atoms with Crippen molar-refractivity contribution in [2.45, 2.75) is 6.42 Å². The van der Waals surface area contributed by atoms with E-state index in [0.717, 1.165) is 0 Å². The van der Waals surface area contributed by atoms with E-state index >= 15 is 0 Å². The summed E-state index contributed by atoms with van der Waals surface area (Å²) in [4.78, 5) is 0. The number of rotatable bonds is 3. The van der Waals surface area contributed by atoms with Crippen LogP contribution in [0.3, 0.4) is 0 Å². The van der Waals surface area contributed by atoms with Gasteiger partial charge in [0, 0.05) is 0 Å². The van der Waals surface area contributed by atoms with Crippen LogP contribution in [-0.4, -0.2) is 15.0 Å². The van der Waals surface area contributed by atoms with Gasteiger partial charge < -0.3 is 0 Å². The Balaban J connectivity index is 3.42. The zero-order valence-corrected chi connectivity index (χ0v) is 5.02. The Kier molecular flexibility index (Phi) is 3.01. The standard InChI is InChI=1S/C4H6O3S/c1-3-4-7-8(2,5)6/h1-2H,3-4H2. The largest absolute Gasteiger partial charge is 0.273 e. The fourth-order valence-corrected chi connectivity index (χ4v) is 0.493. The minimum atomic E-state index is -3.77. The lowest BCUT2D eigenvalue weighted by Gasteiger charge is -1.93. The summed E-state index contributed by atoms with van der Waals surface area (Å²) in [5.74, 6) is 0. The predicted molar refractivity (Wildman–Crippen MR) is 28.1 cm³/mol. The molecule has 0 N–H and O–H groups in total. The molecule has 8 heavy (non-hydrogen) atoms. The van der Waals surface area contributed by atoms with Crippen molar-refractivity contribution < 1.29 is 12.6 Å². The van der Waals surface area contributed by atoms with Gasteiger partial charge in [0.1, 0.15) is 6.26 Å². The first kappa shape index (κ1) is 7.91. The fourth-order valence-electron chi connectivity index (χ4n) is 0.164. The van der Waals surface area contributed by atoms with Crippen LogP contribution in [-0.2, 0) is 14.3 Å². The van der Waals surface area contributed by atoms with Crippen LogP contribution in [0.25, 0.3) is 0 Å². The highest BCUT2D eigenvalue weighted by Gasteiger charge is 1.98. The van der Waals surface area contributed by atoms with Gasteiger partial charge in [-0.15, -0.1) is 0 Å². The van der Waals surface area contributed by atoms with Crippen molar-refractivity contribution in [1.29, 1.82) is 0 Å². The van der Waals surface area contributed by atoms with Crippen molar-refractivity contribution in [3.05, 3.63) is 13.2 Å². The molecule has 0 aromatic carbocycles. The van der Waals surface area contributed by atoms with E-state index in [1.54, 1.807) is 0 Å². The first-order valence-corrected chi connectivity index (χ1v) is 3.40. The average molecular weight is 134 g/mol. The topological polar surface area (TPSA) is 43.4 Å². The van der Waals surface area contributed by atoms with Crippen molar-refractivity contribution in [2.75, 3.05) is 6.61 Å². The molecule has 4 radical (unpaired) electrons. The summed E-state index contributed by atoms with van der Waals surface area (Å²) in [7, 11) is -3.77. The molecule has 0 saturated carbocycles. The molecule has 0 aromatic rings. The van der Waals surface area contributed by atoms with E-state index in [1.165, 1.54) is 0 Å². The van der Waals surface area contributed by atoms with Crippen molar-refractivity contribution >= 4 is 10.1 Å². The monoisotopic (exact) mass is 134 g/mol. The summed E-state index contributed by atoms with van der Waals surface area (Å²) in [6.45, 7) is 4.83. The lowest BCUT2D eigenvalue weighted by atomic mass is 10.5. The molecular weight excluding hydrogens is 128 g/mol. The highest BCUT2D eigenvalue weighted by Crippen LogP contribution is 1.88.